The monoisotopic (exact) mass is 384 g/mol. The molecule has 144 valence electrons. The smallest absolute Gasteiger partial charge is 0.387 e. The van der Waals surface area contributed by atoms with Crippen LogP contribution in [0, 0.1) is 0 Å². The zero-order chi connectivity index (χ0) is 19.9. The molecule has 0 aliphatic carbocycles. The molecule has 0 bridgehead atoms. The van der Waals surface area contributed by atoms with Gasteiger partial charge in [0.2, 0.25) is 0 Å². The maximum absolute atomic E-state index is 12.6. The second-order valence-electron chi connectivity index (χ2n) is 5.73. The van der Waals surface area contributed by atoms with Gasteiger partial charge in [-0.1, -0.05) is 30.3 Å². The van der Waals surface area contributed by atoms with Gasteiger partial charge in [0.1, 0.15) is 0 Å². The fourth-order valence-corrected chi connectivity index (χ4v) is 2.57. The Morgan fingerprint density at radius 3 is 2.25 bits per heavy atom. The molecular weight excluding hydrogens is 366 g/mol. The van der Waals surface area contributed by atoms with Gasteiger partial charge in [-0.2, -0.15) is 8.78 Å². The molecule has 0 aliphatic rings. The number of methoxy groups -OCH3 is 1. The Labute approximate surface area is 160 Å². The van der Waals surface area contributed by atoms with Gasteiger partial charge in [0.25, 0.3) is 5.91 Å². The fraction of sp³-hybridized carbons (Fsp3) is 0.0952. The van der Waals surface area contributed by atoms with Crippen LogP contribution in [0.4, 0.5) is 25.8 Å². The number of alkyl halides is 2. The number of hydrogen-bond acceptors (Lipinski definition) is 4. The van der Waals surface area contributed by atoms with Crippen LogP contribution < -0.4 is 20.1 Å². The van der Waals surface area contributed by atoms with Gasteiger partial charge in [-0.15, -0.1) is 0 Å². The van der Waals surface area contributed by atoms with Crippen LogP contribution in [0.5, 0.6) is 11.5 Å². The lowest BCUT2D eigenvalue weighted by atomic mass is 10.1. The number of amides is 1. The van der Waals surface area contributed by atoms with Gasteiger partial charge in [0.15, 0.2) is 11.5 Å². The highest BCUT2D eigenvalue weighted by atomic mass is 19.3. The average Bonchev–Trinajstić information content (AvgIpc) is 2.70. The molecule has 0 unspecified atom stereocenters. The number of carbonyl (C=O) groups is 1. The number of benzene rings is 3. The minimum atomic E-state index is -2.98. The third kappa shape index (κ3) is 4.76. The summed E-state index contributed by atoms with van der Waals surface area (Å²) in [4.78, 5) is 12.6. The van der Waals surface area contributed by atoms with E-state index in [9.17, 15) is 13.6 Å². The van der Waals surface area contributed by atoms with Crippen molar-refractivity contribution >= 4 is 23.0 Å². The van der Waals surface area contributed by atoms with Crippen molar-refractivity contribution in [2.75, 3.05) is 17.7 Å². The summed E-state index contributed by atoms with van der Waals surface area (Å²) in [5, 5.41) is 6.05. The standard InChI is InChI=1S/C21H18F2N2O3/c1-27-19-13-14(11-12-18(19)28-21(22)23)20(26)25-17-10-6-5-9-16(17)24-15-7-3-2-4-8-15/h2-13,21,24H,1H3,(H,25,26). The molecule has 3 aromatic carbocycles. The third-order valence-corrected chi connectivity index (χ3v) is 3.87. The molecule has 2 N–H and O–H groups in total. The summed E-state index contributed by atoms with van der Waals surface area (Å²) in [6, 6.07) is 20.8. The van der Waals surface area contributed by atoms with E-state index in [0.717, 1.165) is 5.69 Å². The van der Waals surface area contributed by atoms with E-state index in [0.29, 0.717) is 11.4 Å². The predicted octanol–water partition coefficient (Wildman–Crippen LogP) is 5.29. The minimum Gasteiger partial charge on any atom is -0.493 e. The fourth-order valence-electron chi connectivity index (χ4n) is 2.57. The van der Waals surface area contributed by atoms with E-state index in [2.05, 4.69) is 15.4 Å². The van der Waals surface area contributed by atoms with Gasteiger partial charge in [-0.05, 0) is 42.5 Å². The SMILES string of the molecule is COc1cc(C(=O)Nc2ccccc2Nc2ccccc2)ccc1OC(F)F. The summed E-state index contributed by atoms with van der Waals surface area (Å²) >= 11 is 0. The molecule has 3 rings (SSSR count). The van der Waals surface area contributed by atoms with Crippen molar-refractivity contribution in [3.8, 4) is 11.5 Å². The number of nitrogens with one attached hydrogen (secondary N) is 2. The Bertz CT molecular complexity index is 949. The van der Waals surface area contributed by atoms with Crippen molar-refractivity contribution < 1.29 is 23.0 Å². The lowest BCUT2D eigenvalue weighted by Gasteiger charge is -2.14. The molecule has 0 aliphatic heterocycles. The van der Waals surface area contributed by atoms with E-state index in [1.165, 1.54) is 25.3 Å². The van der Waals surface area contributed by atoms with E-state index >= 15 is 0 Å². The van der Waals surface area contributed by atoms with Crippen molar-refractivity contribution in [1.82, 2.24) is 0 Å². The van der Waals surface area contributed by atoms with Crippen molar-refractivity contribution in [2.24, 2.45) is 0 Å². The first kappa shape index (κ1) is 19.2. The Morgan fingerprint density at radius 1 is 0.893 bits per heavy atom. The summed E-state index contributed by atoms with van der Waals surface area (Å²) in [7, 11) is 1.31. The molecule has 28 heavy (non-hydrogen) atoms. The van der Waals surface area contributed by atoms with E-state index < -0.39 is 12.5 Å². The van der Waals surface area contributed by atoms with Crippen LogP contribution >= 0.6 is 0 Å². The van der Waals surface area contributed by atoms with Crippen LogP contribution in [0.1, 0.15) is 10.4 Å². The molecule has 3 aromatic rings. The Hall–Kier alpha value is -3.61. The van der Waals surface area contributed by atoms with Gasteiger partial charge in [0.05, 0.1) is 18.5 Å². The van der Waals surface area contributed by atoms with E-state index in [1.54, 1.807) is 12.1 Å². The second kappa shape index (κ2) is 8.85. The van der Waals surface area contributed by atoms with Gasteiger partial charge >= 0.3 is 6.61 Å². The maximum Gasteiger partial charge on any atom is 0.387 e. The molecule has 0 heterocycles. The highest BCUT2D eigenvalue weighted by Gasteiger charge is 2.15. The highest BCUT2D eigenvalue weighted by molar-refractivity contribution is 6.06. The van der Waals surface area contributed by atoms with Crippen molar-refractivity contribution in [3.05, 3.63) is 78.4 Å². The molecule has 0 fully saturated rings. The maximum atomic E-state index is 12.6. The van der Waals surface area contributed by atoms with Gasteiger partial charge in [0, 0.05) is 11.3 Å². The zero-order valence-corrected chi connectivity index (χ0v) is 15.0. The van der Waals surface area contributed by atoms with Crippen LogP contribution in [-0.2, 0) is 0 Å². The molecule has 0 radical (unpaired) electrons. The van der Waals surface area contributed by atoms with Crippen LogP contribution in [0.15, 0.2) is 72.8 Å². The molecule has 0 spiro atoms. The van der Waals surface area contributed by atoms with Crippen LogP contribution in [-0.4, -0.2) is 19.6 Å². The Balaban J connectivity index is 1.80. The number of rotatable bonds is 7. The van der Waals surface area contributed by atoms with Crippen LogP contribution in [0.2, 0.25) is 0 Å². The minimum absolute atomic E-state index is 0.0450. The molecule has 0 atom stereocenters. The number of anilines is 3. The number of para-hydroxylation sites is 3. The number of halogens is 2. The lowest BCUT2D eigenvalue weighted by molar-refractivity contribution is -0.0512. The topological polar surface area (TPSA) is 59.6 Å². The Kier molecular flexibility index (Phi) is 6.06. The van der Waals surface area contributed by atoms with Crippen LogP contribution in [0.25, 0.3) is 0 Å². The summed E-state index contributed by atoms with van der Waals surface area (Å²) in [6.45, 7) is -2.98. The molecular formula is C21H18F2N2O3. The largest absolute Gasteiger partial charge is 0.493 e. The van der Waals surface area contributed by atoms with Gasteiger partial charge in [-0.25, -0.2) is 0 Å². The summed E-state index contributed by atoms with van der Waals surface area (Å²) < 4.78 is 34.3. The van der Waals surface area contributed by atoms with Crippen molar-refractivity contribution in [1.29, 1.82) is 0 Å². The normalized spacial score (nSPS) is 10.4. The number of carbonyl (C=O) groups excluding carboxylic acids is 1. The van der Waals surface area contributed by atoms with Crippen molar-refractivity contribution in [2.45, 2.75) is 6.61 Å². The molecule has 0 saturated heterocycles. The van der Waals surface area contributed by atoms with Crippen molar-refractivity contribution in [3.63, 3.8) is 0 Å². The van der Waals surface area contributed by atoms with Gasteiger partial charge < -0.3 is 20.1 Å². The van der Waals surface area contributed by atoms with E-state index in [1.807, 2.05) is 42.5 Å². The summed E-state index contributed by atoms with van der Waals surface area (Å²) in [5.74, 6) is -0.506. The highest BCUT2D eigenvalue weighted by Crippen LogP contribution is 2.30. The zero-order valence-electron chi connectivity index (χ0n) is 15.0. The van der Waals surface area contributed by atoms with E-state index in [-0.39, 0.29) is 17.1 Å². The molecule has 0 aromatic heterocycles. The predicted molar refractivity (Wildman–Crippen MR) is 104 cm³/mol. The average molecular weight is 384 g/mol. The van der Waals surface area contributed by atoms with Gasteiger partial charge in [-0.3, -0.25) is 4.79 Å². The quantitative estimate of drug-likeness (QED) is 0.581. The first-order valence-corrected chi connectivity index (χ1v) is 8.42. The van der Waals surface area contributed by atoms with E-state index in [4.69, 9.17) is 4.74 Å². The first-order valence-electron chi connectivity index (χ1n) is 8.42. The number of ether oxygens (including phenoxy) is 2. The Morgan fingerprint density at radius 2 is 1.57 bits per heavy atom. The third-order valence-electron chi connectivity index (χ3n) is 3.87. The number of hydrogen-bond donors (Lipinski definition) is 2. The first-order chi connectivity index (χ1) is 13.6. The molecule has 7 heteroatoms. The lowest BCUT2D eigenvalue weighted by Crippen LogP contribution is -2.13. The van der Waals surface area contributed by atoms with Crippen LogP contribution in [0.3, 0.4) is 0 Å². The summed E-state index contributed by atoms with van der Waals surface area (Å²) in [5.41, 5.74) is 2.40. The summed E-state index contributed by atoms with van der Waals surface area (Å²) in [6.07, 6.45) is 0. The second-order valence-corrected chi connectivity index (χ2v) is 5.73. The molecule has 1 amide bonds. The molecule has 5 nitrogen and oxygen atoms in total. The molecule has 0 saturated carbocycles.